The van der Waals surface area contributed by atoms with Crippen LogP contribution in [0.5, 0.6) is 5.75 Å². The quantitative estimate of drug-likeness (QED) is 0.773. The maximum Gasteiger partial charge on any atom is 0.131 e. The summed E-state index contributed by atoms with van der Waals surface area (Å²) in [6.07, 6.45) is 0.119. The van der Waals surface area contributed by atoms with Gasteiger partial charge in [-0.3, -0.25) is 4.68 Å². The molecule has 1 aromatic heterocycles. The number of aromatic nitrogens is 2. The molecule has 1 aromatic carbocycles. The smallest absolute Gasteiger partial charge is 0.131 e. The van der Waals surface area contributed by atoms with Crippen molar-refractivity contribution < 1.29 is 14.2 Å². The summed E-state index contributed by atoms with van der Waals surface area (Å²) in [4.78, 5) is 0. The normalized spacial score (nSPS) is 12.4. The monoisotopic (exact) mass is 341 g/mol. The Kier molecular flexibility index (Phi) is 6.38. The van der Waals surface area contributed by atoms with Gasteiger partial charge in [0.15, 0.2) is 0 Å². The van der Waals surface area contributed by atoms with E-state index in [0.29, 0.717) is 24.0 Å². The molecule has 2 rings (SSSR count). The number of nitrogens with zero attached hydrogens (tertiary/aromatic N) is 2. The van der Waals surface area contributed by atoms with Crippen LogP contribution >= 0.6 is 11.6 Å². The van der Waals surface area contributed by atoms with E-state index in [0.717, 1.165) is 17.7 Å². The topological polar surface area (TPSA) is 59.3 Å². The van der Waals surface area contributed by atoms with Crippen LogP contribution in [-0.4, -0.2) is 34.1 Å². The standard InChI is InChI=1S/C16H21ClFN3O2/c1-3-15-14(16(17)21(2)20-15)9-19-8-12(22)10-23-13-6-4-11(18)5-7-13/h4-7,12,19,22H,3,8-10H2,1-2H3. The SMILES string of the molecule is CCc1nn(C)c(Cl)c1CNCC(O)COc1ccc(F)cc1. The first-order valence-electron chi connectivity index (χ1n) is 7.48. The molecule has 0 saturated heterocycles. The summed E-state index contributed by atoms with van der Waals surface area (Å²) in [5, 5.41) is 18.0. The predicted molar refractivity (Wildman–Crippen MR) is 87.2 cm³/mol. The number of hydrogen-bond donors (Lipinski definition) is 2. The van der Waals surface area contributed by atoms with E-state index in [2.05, 4.69) is 10.4 Å². The van der Waals surface area contributed by atoms with Crippen molar-refractivity contribution in [3.05, 3.63) is 46.5 Å². The van der Waals surface area contributed by atoms with Crippen molar-refractivity contribution in [3.63, 3.8) is 0 Å². The summed E-state index contributed by atoms with van der Waals surface area (Å²) in [6, 6.07) is 5.68. The van der Waals surface area contributed by atoms with E-state index in [9.17, 15) is 9.50 Å². The lowest BCUT2D eigenvalue weighted by Gasteiger charge is -2.13. The highest BCUT2D eigenvalue weighted by Gasteiger charge is 2.13. The minimum atomic E-state index is -0.680. The first-order valence-corrected chi connectivity index (χ1v) is 7.86. The van der Waals surface area contributed by atoms with E-state index in [4.69, 9.17) is 16.3 Å². The zero-order chi connectivity index (χ0) is 16.8. The lowest BCUT2D eigenvalue weighted by molar-refractivity contribution is 0.106. The summed E-state index contributed by atoms with van der Waals surface area (Å²) in [6.45, 7) is 3.03. The van der Waals surface area contributed by atoms with Gasteiger partial charge in [0, 0.05) is 25.7 Å². The Morgan fingerprint density at radius 2 is 2.09 bits per heavy atom. The van der Waals surface area contributed by atoms with E-state index < -0.39 is 6.10 Å². The number of rotatable bonds is 8. The second kappa shape index (κ2) is 8.29. The Morgan fingerprint density at radius 1 is 1.39 bits per heavy atom. The van der Waals surface area contributed by atoms with Gasteiger partial charge in [-0.15, -0.1) is 0 Å². The van der Waals surface area contributed by atoms with Crippen LogP contribution in [-0.2, 0) is 20.0 Å². The van der Waals surface area contributed by atoms with Gasteiger partial charge in [0.05, 0.1) is 5.69 Å². The van der Waals surface area contributed by atoms with Gasteiger partial charge in [0.1, 0.15) is 29.4 Å². The number of benzene rings is 1. The predicted octanol–water partition coefficient (Wildman–Crippen LogP) is 2.30. The zero-order valence-corrected chi connectivity index (χ0v) is 14.0. The van der Waals surface area contributed by atoms with Crippen LogP contribution in [0.4, 0.5) is 4.39 Å². The summed E-state index contributed by atoms with van der Waals surface area (Å²) in [5.74, 6) is 0.202. The highest BCUT2D eigenvalue weighted by Crippen LogP contribution is 2.19. The van der Waals surface area contributed by atoms with Crippen molar-refractivity contribution in [1.29, 1.82) is 0 Å². The molecule has 1 unspecified atom stereocenters. The number of aliphatic hydroxyl groups is 1. The molecule has 126 valence electrons. The van der Waals surface area contributed by atoms with E-state index >= 15 is 0 Å². The molecule has 0 amide bonds. The van der Waals surface area contributed by atoms with Crippen LogP contribution < -0.4 is 10.1 Å². The average Bonchev–Trinajstić information content (AvgIpc) is 2.82. The minimum Gasteiger partial charge on any atom is -0.491 e. The fourth-order valence-electron chi connectivity index (χ4n) is 2.20. The summed E-state index contributed by atoms with van der Waals surface area (Å²) in [7, 11) is 1.80. The Labute approximate surface area is 140 Å². The Hall–Kier alpha value is -1.63. The third-order valence-corrected chi connectivity index (χ3v) is 3.90. The second-order valence-electron chi connectivity index (χ2n) is 5.24. The first kappa shape index (κ1) is 17.7. The van der Waals surface area contributed by atoms with Gasteiger partial charge >= 0.3 is 0 Å². The lowest BCUT2D eigenvalue weighted by Crippen LogP contribution is -2.31. The van der Waals surface area contributed by atoms with E-state index in [1.165, 1.54) is 24.3 Å². The van der Waals surface area contributed by atoms with E-state index in [1.54, 1.807) is 11.7 Å². The molecule has 23 heavy (non-hydrogen) atoms. The molecule has 0 saturated carbocycles. The number of aryl methyl sites for hydroxylation is 2. The molecule has 1 heterocycles. The average molecular weight is 342 g/mol. The Bertz CT molecular complexity index is 631. The third-order valence-electron chi connectivity index (χ3n) is 3.42. The molecular weight excluding hydrogens is 321 g/mol. The molecule has 0 fully saturated rings. The second-order valence-corrected chi connectivity index (χ2v) is 5.60. The Balaban J connectivity index is 1.76. The highest BCUT2D eigenvalue weighted by molar-refractivity contribution is 6.30. The van der Waals surface area contributed by atoms with E-state index in [-0.39, 0.29) is 12.4 Å². The summed E-state index contributed by atoms with van der Waals surface area (Å²) in [5.41, 5.74) is 1.89. The van der Waals surface area contributed by atoms with Crippen molar-refractivity contribution in [2.24, 2.45) is 7.05 Å². The molecule has 2 N–H and O–H groups in total. The summed E-state index contributed by atoms with van der Waals surface area (Å²) < 4.78 is 19.8. The van der Waals surface area contributed by atoms with Crippen molar-refractivity contribution in [1.82, 2.24) is 15.1 Å². The first-order chi connectivity index (χ1) is 11.0. The van der Waals surface area contributed by atoms with Gasteiger partial charge in [0.2, 0.25) is 0 Å². The molecule has 0 bridgehead atoms. The van der Waals surface area contributed by atoms with Crippen LogP contribution in [0.1, 0.15) is 18.2 Å². The van der Waals surface area contributed by atoms with Crippen LogP contribution in [0.25, 0.3) is 0 Å². The molecule has 0 radical (unpaired) electrons. The Morgan fingerprint density at radius 3 is 2.74 bits per heavy atom. The van der Waals surface area contributed by atoms with Crippen LogP contribution in [0.15, 0.2) is 24.3 Å². The number of halogens is 2. The van der Waals surface area contributed by atoms with Gasteiger partial charge in [-0.25, -0.2) is 4.39 Å². The third kappa shape index (κ3) is 4.92. The van der Waals surface area contributed by atoms with Crippen molar-refractivity contribution in [2.45, 2.75) is 26.0 Å². The van der Waals surface area contributed by atoms with Crippen molar-refractivity contribution in [2.75, 3.05) is 13.2 Å². The minimum absolute atomic E-state index is 0.125. The summed E-state index contributed by atoms with van der Waals surface area (Å²) >= 11 is 6.20. The highest BCUT2D eigenvalue weighted by atomic mass is 35.5. The fourth-order valence-corrected chi connectivity index (χ4v) is 2.42. The molecule has 0 aliphatic carbocycles. The van der Waals surface area contributed by atoms with Crippen LogP contribution in [0.2, 0.25) is 5.15 Å². The fraction of sp³-hybridized carbons (Fsp3) is 0.438. The molecule has 0 aliphatic heterocycles. The lowest BCUT2D eigenvalue weighted by atomic mass is 10.2. The van der Waals surface area contributed by atoms with Gasteiger partial charge in [-0.1, -0.05) is 18.5 Å². The number of hydrogen-bond acceptors (Lipinski definition) is 4. The van der Waals surface area contributed by atoms with Crippen LogP contribution in [0.3, 0.4) is 0 Å². The zero-order valence-electron chi connectivity index (χ0n) is 13.2. The van der Waals surface area contributed by atoms with Gasteiger partial charge in [-0.05, 0) is 30.7 Å². The molecular formula is C16H21ClFN3O2. The molecule has 2 aromatic rings. The van der Waals surface area contributed by atoms with Gasteiger partial charge in [-0.2, -0.15) is 5.10 Å². The largest absolute Gasteiger partial charge is 0.491 e. The maximum absolute atomic E-state index is 12.8. The van der Waals surface area contributed by atoms with Crippen LogP contribution in [0, 0.1) is 5.82 Å². The number of aliphatic hydroxyl groups excluding tert-OH is 1. The van der Waals surface area contributed by atoms with Crippen molar-refractivity contribution in [3.8, 4) is 5.75 Å². The molecule has 7 heteroatoms. The molecule has 5 nitrogen and oxygen atoms in total. The van der Waals surface area contributed by atoms with Gasteiger partial charge < -0.3 is 15.2 Å². The molecule has 0 aliphatic rings. The maximum atomic E-state index is 12.8. The molecule has 1 atom stereocenters. The number of ether oxygens (including phenoxy) is 1. The van der Waals surface area contributed by atoms with Gasteiger partial charge in [0.25, 0.3) is 0 Å². The molecule has 0 spiro atoms. The van der Waals surface area contributed by atoms with Crippen molar-refractivity contribution >= 4 is 11.6 Å². The number of nitrogens with one attached hydrogen (secondary N) is 1. The van der Waals surface area contributed by atoms with E-state index in [1.807, 2.05) is 6.92 Å².